The highest BCUT2D eigenvalue weighted by atomic mass is 16.5. The third-order valence-corrected chi connectivity index (χ3v) is 0.907. The number of carboxylic acids is 1. The summed E-state index contributed by atoms with van der Waals surface area (Å²) in [7, 11) is 0. The quantitative estimate of drug-likeness (QED) is 0.318. The number of aliphatic carboxylic acids is 1. The van der Waals surface area contributed by atoms with Crippen LogP contribution in [0.1, 0.15) is 12.8 Å². The number of hydrogen-bond donors (Lipinski definition) is 2. The lowest BCUT2D eigenvalue weighted by Crippen LogP contribution is -2.13. The monoisotopic (exact) mass is 161 g/mol. The van der Waals surface area contributed by atoms with Crippen molar-refractivity contribution in [2.45, 2.75) is 12.8 Å². The van der Waals surface area contributed by atoms with Crippen molar-refractivity contribution in [3.8, 4) is 0 Å². The Kier molecular flexibility index (Phi) is 5.10. The number of rotatable bonds is 5. The molecule has 64 valence electrons. The number of nitrogens with two attached hydrogens (primary N) is 1. The van der Waals surface area contributed by atoms with Gasteiger partial charge in [-0.05, 0) is 13.0 Å². The minimum Gasteiger partial charge on any atom is -0.481 e. The van der Waals surface area contributed by atoms with E-state index in [-0.39, 0.29) is 6.61 Å². The molecule has 0 radical (unpaired) electrons. The fraction of sp³-hybridized carbons (Fsp3) is 0.667. The Bertz CT molecular complexity index is 146. The second-order valence-corrected chi connectivity index (χ2v) is 1.93. The van der Waals surface area contributed by atoms with Gasteiger partial charge in [0.25, 0.3) is 0 Å². The number of esters is 1. The van der Waals surface area contributed by atoms with Gasteiger partial charge in [0.2, 0.25) is 0 Å². The normalized spacial score (nSPS) is 9.18. The van der Waals surface area contributed by atoms with Gasteiger partial charge in [-0.3, -0.25) is 9.59 Å². The molecule has 0 aromatic carbocycles. The zero-order valence-corrected chi connectivity index (χ0v) is 6.08. The predicted octanol–water partition coefficient (Wildman–Crippen LogP) is -0.647. The molecular weight excluding hydrogens is 150 g/mol. The maximum Gasteiger partial charge on any atom is 0.317 e. The summed E-state index contributed by atoms with van der Waals surface area (Å²) in [6.07, 6.45) is -0.0179. The van der Waals surface area contributed by atoms with Gasteiger partial charge in [-0.1, -0.05) is 0 Å². The molecular formula is C6H11NO4. The van der Waals surface area contributed by atoms with Crippen LogP contribution in [0.15, 0.2) is 0 Å². The molecule has 5 nitrogen and oxygen atoms in total. The number of carbonyl (C=O) groups is 2. The lowest BCUT2D eigenvalue weighted by atomic mass is 10.4. The van der Waals surface area contributed by atoms with Crippen LogP contribution in [0, 0.1) is 0 Å². The van der Waals surface area contributed by atoms with Crippen LogP contribution in [0.4, 0.5) is 0 Å². The molecule has 3 N–H and O–H groups in total. The molecule has 0 heterocycles. The van der Waals surface area contributed by atoms with E-state index in [1.165, 1.54) is 0 Å². The van der Waals surface area contributed by atoms with E-state index >= 15 is 0 Å². The van der Waals surface area contributed by atoms with Gasteiger partial charge in [0.1, 0.15) is 6.42 Å². The van der Waals surface area contributed by atoms with E-state index in [2.05, 4.69) is 4.74 Å². The van der Waals surface area contributed by atoms with E-state index in [1.54, 1.807) is 0 Å². The minimum atomic E-state index is -1.18. The van der Waals surface area contributed by atoms with Crippen LogP contribution >= 0.6 is 0 Å². The minimum absolute atomic E-state index is 0.197. The predicted molar refractivity (Wildman–Crippen MR) is 36.9 cm³/mol. The first-order chi connectivity index (χ1) is 5.16. The van der Waals surface area contributed by atoms with Crippen LogP contribution in [0.3, 0.4) is 0 Å². The topological polar surface area (TPSA) is 89.6 Å². The molecule has 11 heavy (non-hydrogen) atoms. The molecule has 5 heteroatoms. The van der Waals surface area contributed by atoms with Crippen LogP contribution in [-0.4, -0.2) is 30.2 Å². The highest BCUT2D eigenvalue weighted by molar-refractivity contribution is 5.90. The summed E-state index contributed by atoms with van der Waals surface area (Å²) in [5, 5.41) is 8.11. The van der Waals surface area contributed by atoms with E-state index in [1.807, 2.05) is 0 Å². The molecule has 0 aliphatic carbocycles. The van der Waals surface area contributed by atoms with Gasteiger partial charge in [0, 0.05) is 0 Å². The van der Waals surface area contributed by atoms with Crippen molar-refractivity contribution in [3.05, 3.63) is 0 Å². The smallest absolute Gasteiger partial charge is 0.317 e. The summed E-state index contributed by atoms with van der Waals surface area (Å²) in [6, 6.07) is 0. The van der Waals surface area contributed by atoms with E-state index < -0.39 is 18.4 Å². The average molecular weight is 161 g/mol. The Balaban J connectivity index is 3.30. The Morgan fingerprint density at radius 3 is 2.55 bits per heavy atom. The number of ether oxygens (including phenoxy) is 1. The molecule has 0 saturated carbocycles. The van der Waals surface area contributed by atoms with Crippen molar-refractivity contribution in [3.63, 3.8) is 0 Å². The molecule has 0 atom stereocenters. The zero-order chi connectivity index (χ0) is 8.69. The van der Waals surface area contributed by atoms with E-state index in [4.69, 9.17) is 10.8 Å². The van der Waals surface area contributed by atoms with Gasteiger partial charge in [-0.15, -0.1) is 0 Å². The molecule has 0 bridgehead atoms. The highest BCUT2D eigenvalue weighted by Gasteiger charge is 2.07. The zero-order valence-electron chi connectivity index (χ0n) is 6.08. The maximum atomic E-state index is 10.5. The van der Waals surface area contributed by atoms with Crippen molar-refractivity contribution >= 4 is 11.9 Å². The maximum absolute atomic E-state index is 10.5. The summed E-state index contributed by atoms with van der Waals surface area (Å²) in [5.41, 5.74) is 5.11. The Morgan fingerprint density at radius 2 is 2.09 bits per heavy atom. The standard InChI is InChI=1S/C6H11NO4/c7-2-1-3-11-6(10)4-5(8)9/h1-4,7H2,(H,8,9). The summed E-state index contributed by atoms with van der Waals surface area (Å²) in [4.78, 5) is 20.4. The fourth-order valence-corrected chi connectivity index (χ4v) is 0.444. The van der Waals surface area contributed by atoms with Gasteiger partial charge < -0.3 is 15.6 Å². The highest BCUT2D eigenvalue weighted by Crippen LogP contribution is 1.87. The van der Waals surface area contributed by atoms with Crippen LogP contribution in [0.2, 0.25) is 0 Å². The second-order valence-electron chi connectivity index (χ2n) is 1.93. The van der Waals surface area contributed by atoms with Crippen LogP contribution < -0.4 is 5.73 Å². The molecule has 0 saturated heterocycles. The Hall–Kier alpha value is -1.10. The summed E-state index contributed by atoms with van der Waals surface area (Å²) in [6.45, 7) is 0.628. The van der Waals surface area contributed by atoms with Gasteiger partial charge in [-0.2, -0.15) is 0 Å². The SMILES string of the molecule is NCCCOC(=O)CC(=O)O. The molecule has 0 unspecified atom stereocenters. The van der Waals surface area contributed by atoms with Gasteiger partial charge in [0.05, 0.1) is 6.61 Å². The van der Waals surface area contributed by atoms with Gasteiger partial charge in [-0.25, -0.2) is 0 Å². The molecule has 0 aromatic heterocycles. The number of hydrogen-bond acceptors (Lipinski definition) is 4. The number of carbonyl (C=O) groups excluding carboxylic acids is 1. The van der Waals surface area contributed by atoms with Gasteiger partial charge >= 0.3 is 11.9 Å². The van der Waals surface area contributed by atoms with Crippen molar-refractivity contribution in [2.75, 3.05) is 13.2 Å². The first-order valence-corrected chi connectivity index (χ1v) is 3.24. The number of carboxylic acid groups (broad SMARTS) is 1. The van der Waals surface area contributed by atoms with Crippen molar-refractivity contribution in [2.24, 2.45) is 5.73 Å². The van der Waals surface area contributed by atoms with Crippen molar-refractivity contribution < 1.29 is 19.4 Å². The molecule has 0 spiro atoms. The third kappa shape index (κ3) is 6.79. The molecule has 0 amide bonds. The van der Waals surface area contributed by atoms with Gasteiger partial charge in [0.15, 0.2) is 0 Å². The van der Waals surface area contributed by atoms with Crippen molar-refractivity contribution in [1.29, 1.82) is 0 Å². The molecule has 0 fully saturated rings. The molecule has 0 rings (SSSR count). The van der Waals surface area contributed by atoms with Crippen LogP contribution in [0.25, 0.3) is 0 Å². The van der Waals surface area contributed by atoms with Crippen LogP contribution in [0.5, 0.6) is 0 Å². The summed E-state index contributed by atoms with van der Waals surface area (Å²) < 4.78 is 4.49. The van der Waals surface area contributed by atoms with Crippen molar-refractivity contribution in [1.82, 2.24) is 0 Å². The van der Waals surface area contributed by atoms with E-state index in [0.717, 1.165) is 0 Å². The second kappa shape index (κ2) is 5.67. The molecule has 0 aromatic rings. The van der Waals surface area contributed by atoms with E-state index in [0.29, 0.717) is 13.0 Å². The summed E-state index contributed by atoms with van der Waals surface area (Å²) >= 11 is 0. The summed E-state index contributed by atoms with van der Waals surface area (Å²) in [5.74, 6) is -1.89. The first-order valence-electron chi connectivity index (χ1n) is 3.24. The lowest BCUT2D eigenvalue weighted by Gasteiger charge is -1.99. The average Bonchev–Trinajstić information content (AvgIpc) is 1.86. The third-order valence-electron chi connectivity index (χ3n) is 0.907. The largest absolute Gasteiger partial charge is 0.481 e. The first kappa shape index (κ1) is 9.90. The Morgan fingerprint density at radius 1 is 1.45 bits per heavy atom. The van der Waals surface area contributed by atoms with Crippen LogP contribution in [-0.2, 0) is 14.3 Å². The fourth-order valence-electron chi connectivity index (χ4n) is 0.444. The van der Waals surface area contributed by atoms with E-state index in [9.17, 15) is 9.59 Å². The Labute approximate surface area is 64.1 Å². The molecule has 0 aliphatic heterocycles. The molecule has 0 aliphatic rings. The lowest BCUT2D eigenvalue weighted by molar-refractivity contribution is -0.151.